The lowest BCUT2D eigenvalue weighted by Crippen LogP contribution is -2.34. The molecule has 2 aromatic rings. The number of aromatic nitrogens is 1. The first-order valence-corrected chi connectivity index (χ1v) is 7.26. The van der Waals surface area contributed by atoms with E-state index in [1.807, 2.05) is 18.3 Å². The fourth-order valence-electron chi connectivity index (χ4n) is 3.24. The average molecular weight is 258 g/mol. The minimum Gasteiger partial charge on any atom is -0.391 e. The normalized spacial score (nSPS) is 20.5. The van der Waals surface area contributed by atoms with E-state index in [-0.39, 0.29) is 6.04 Å². The van der Waals surface area contributed by atoms with E-state index in [4.69, 9.17) is 5.73 Å². The molecule has 1 saturated carbocycles. The highest BCUT2D eigenvalue weighted by atomic mass is 16.3. The molecule has 3 nitrogen and oxygen atoms in total. The number of nitrogens with one attached hydrogen (secondary N) is 1. The Morgan fingerprint density at radius 2 is 1.95 bits per heavy atom. The maximum atomic E-state index is 10.5. The summed E-state index contributed by atoms with van der Waals surface area (Å²) in [5.74, 6) is 0.364. The Labute approximate surface area is 113 Å². The first kappa shape index (κ1) is 12.7. The maximum absolute atomic E-state index is 10.5. The summed E-state index contributed by atoms with van der Waals surface area (Å²) >= 11 is 0. The highest BCUT2D eigenvalue weighted by Crippen LogP contribution is 2.32. The summed E-state index contributed by atoms with van der Waals surface area (Å²) in [5, 5.41) is 11.7. The highest BCUT2D eigenvalue weighted by molar-refractivity contribution is 5.80. The molecule has 102 valence electrons. The summed E-state index contributed by atoms with van der Waals surface area (Å²) in [5.41, 5.74) is 8.37. The van der Waals surface area contributed by atoms with Crippen molar-refractivity contribution in [2.24, 2.45) is 11.7 Å². The van der Waals surface area contributed by atoms with Crippen molar-refractivity contribution >= 4 is 10.9 Å². The van der Waals surface area contributed by atoms with E-state index in [1.54, 1.807) is 0 Å². The lowest BCUT2D eigenvalue weighted by Gasteiger charge is -2.30. The predicted molar refractivity (Wildman–Crippen MR) is 77.8 cm³/mol. The molecule has 4 N–H and O–H groups in total. The van der Waals surface area contributed by atoms with E-state index in [0.717, 1.165) is 23.9 Å². The molecule has 0 radical (unpaired) electrons. The van der Waals surface area contributed by atoms with Gasteiger partial charge in [0.2, 0.25) is 0 Å². The first-order chi connectivity index (χ1) is 9.25. The molecule has 0 saturated heterocycles. The number of aliphatic hydroxyl groups excluding tert-OH is 1. The zero-order valence-corrected chi connectivity index (χ0v) is 11.2. The Morgan fingerprint density at radius 3 is 2.74 bits per heavy atom. The van der Waals surface area contributed by atoms with E-state index in [9.17, 15) is 5.11 Å². The van der Waals surface area contributed by atoms with Crippen LogP contribution < -0.4 is 5.73 Å². The van der Waals surface area contributed by atoms with Crippen molar-refractivity contribution in [2.45, 2.75) is 44.2 Å². The molecule has 2 atom stereocenters. The second-order valence-electron chi connectivity index (χ2n) is 5.74. The van der Waals surface area contributed by atoms with Crippen LogP contribution in [0.25, 0.3) is 10.9 Å². The lowest BCUT2D eigenvalue weighted by atomic mass is 9.81. The fourth-order valence-corrected chi connectivity index (χ4v) is 3.24. The summed E-state index contributed by atoms with van der Waals surface area (Å²) in [6, 6.07) is 7.92. The van der Waals surface area contributed by atoms with Crippen LogP contribution in [-0.4, -0.2) is 16.2 Å². The van der Waals surface area contributed by atoms with Crippen molar-refractivity contribution in [2.75, 3.05) is 0 Å². The Bertz CT molecular complexity index is 542. The standard InChI is InChI=1S/C16H22N2O/c17-15(16(19)12-4-2-1-3-5-12)13-7-6-11-8-9-18-14(11)10-13/h6-10,12,15-16,18-19H,1-5,17H2/t15-,16+/m0/s1. The molecule has 0 unspecified atom stereocenters. The molecule has 1 fully saturated rings. The van der Waals surface area contributed by atoms with Gasteiger partial charge in [0.1, 0.15) is 0 Å². The van der Waals surface area contributed by atoms with Crippen LogP contribution in [0.4, 0.5) is 0 Å². The minimum absolute atomic E-state index is 0.282. The van der Waals surface area contributed by atoms with Crippen LogP contribution >= 0.6 is 0 Å². The van der Waals surface area contributed by atoms with Gasteiger partial charge >= 0.3 is 0 Å². The zero-order chi connectivity index (χ0) is 13.2. The van der Waals surface area contributed by atoms with Gasteiger partial charge in [-0.3, -0.25) is 0 Å². The van der Waals surface area contributed by atoms with E-state index >= 15 is 0 Å². The molecule has 0 bridgehead atoms. The third kappa shape index (κ3) is 2.53. The molecule has 0 spiro atoms. The highest BCUT2D eigenvalue weighted by Gasteiger charge is 2.27. The number of hydrogen-bond donors (Lipinski definition) is 3. The maximum Gasteiger partial charge on any atom is 0.0760 e. The average Bonchev–Trinajstić information content (AvgIpc) is 2.94. The van der Waals surface area contributed by atoms with Crippen LogP contribution in [0.2, 0.25) is 0 Å². The molecule has 1 aliphatic rings. The van der Waals surface area contributed by atoms with Gasteiger partial charge in [-0.05, 0) is 41.8 Å². The second-order valence-corrected chi connectivity index (χ2v) is 5.74. The summed E-state index contributed by atoms with van der Waals surface area (Å²) < 4.78 is 0. The summed E-state index contributed by atoms with van der Waals surface area (Å²) in [7, 11) is 0. The summed E-state index contributed by atoms with van der Waals surface area (Å²) in [6.07, 6.45) is 7.48. The number of fused-ring (bicyclic) bond motifs is 1. The number of H-pyrrole nitrogens is 1. The van der Waals surface area contributed by atoms with Crippen molar-refractivity contribution in [3.63, 3.8) is 0 Å². The van der Waals surface area contributed by atoms with Gasteiger partial charge in [-0.1, -0.05) is 31.4 Å². The van der Waals surface area contributed by atoms with E-state index in [2.05, 4.69) is 17.1 Å². The molecule has 1 aromatic carbocycles. The SMILES string of the molecule is N[C@@H](c1ccc2cc[nH]c2c1)[C@H](O)C1CCCCC1. The molecule has 0 amide bonds. The van der Waals surface area contributed by atoms with Gasteiger partial charge in [-0.2, -0.15) is 0 Å². The van der Waals surface area contributed by atoms with Gasteiger partial charge in [-0.25, -0.2) is 0 Å². The fraction of sp³-hybridized carbons (Fsp3) is 0.500. The van der Waals surface area contributed by atoms with Gasteiger partial charge in [-0.15, -0.1) is 0 Å². The van der Waals surface area contributed by atoms with Gasteiger partial charge in [0.15, 0.2) is 0 Å². The summed E-state index contributed by atoms with van der Waals surface area (Å²) in [4.78, 5) is 3.20. The molecule has 3 rings (SSSR count). The Hall–Kier alpha value is -1.32. The minimum atomic E-state index is -0.423. The van der Waals surface area contributed by atoms with Gasteiger partial charge in [0.25, 0.3) is 0 Å². The number of hydrogen-bond acceptors (Lipinski definition) is 2. The first-order valence-electron chi connectivity index (χ1n) is 7.26. The van der Waals surface area contributed by atoms with Crippen molar-refractivity contribution in [1.82, 2.24) is 4.98 Å². The molecular weight excluding hydrogens is 236 g/mol. The van der Waals surface area contributed by atoms with E-state index < -0.39 is 6.10 Å². The predicted octanol–water partition coefficient (Wildman–Crippen LogP) is 3.11. The third-order valence-electron chi connectivity index (χ3n) is 4.46. The second kappa shape index (κ2) is 5.35. The van der Waals surface area contributed by atoms with Crippen LogP contribution in [0.1, 0.15) is 43.7 Å². The van der Waals surface area contributed by atoms with Crippen LogP contribution in [0, 0.1) is 5.92 Å². The zero-order valence-electron chi connectivity index (χ0n) is 11.2. The number of aliphatic hydroxyl groups is 1. The van der Waals surface area contributed by atoms with Crippen molar-refractivity contribution in [1.29, 1.82) is 0 Å². The Kier molecular flexibility index (Phi) is 3.58. The van der Waals surface area contributed by atoms with Crippen LogP contribution in [-0.2, 0) is 0 Å². The van der Waals surface area contributed by atoms with E-state index in [1.165, 1.54) is 24.6 Å². The van der Waals surface area contributed by atoms with Gasteiger partial charge in [0, 0.05) is 11.7 Å². The topological polar surface area (TPSA) is 62.0 Å². The number of aromatic amines is 1. The van der Waals surface area contributed by atoms with Crippen LogP contribution in [0.15, 0.2) is 30.5 Å². The number of nitrogens with two attached hydrogens (primary N) is 1. The van der Waals surface area contributed by atoms with Gasteiger partial charge in [0.05, 0.1) is 12.1 Å². The Balaban J connectivity index is 1.79. The van der Waals surface area contributed by atoms with Gasteiger partial charge < -0.3 is 15.8 Å². The molecule has 1 heterocycles. The number of benzene rings is 1. The van der Waals surface area contributed by atoms with Crippen molar-refractivity contribution in [3.8, 4) is 0 Å². The Morgan fingerprint density at radius 1 is 1.16 bits per heavy atom. The number of rotatable bonds is 3. The van der Waals surface area contributed by atoms with Crippen LogP contribution in [0.3, 0.4) is 0 Å². The molecule has 1 aliphatic carbocycles. The lowest BCUT2D eigenvalue weighted by molar-refractivity contribution is 0.0618. The molecular formula is C16H22N2O. The van der Waals surface area contributed by atoms with Crippen molar-refractivity contribution < 1.29 is 5.11 Å². The monoisotopic (exact) mass is 258 g/mol. The van der Waals surface area contributed by atoms with E-state index in [0.29, 0.717) is 5.92 Å². The summed E-state index contributed by atoms with van der Waals surface area (Å²) in [6.45, 7) is 0. The molecule has 19 heavy (non-hydrogen) atoms. The largest absolute Gasteiger partial charge is 0.391 e. The molecule has 1 aromatic heterocycles. The van der Waals surface area contributed by atoms with Crippen LogP contribution in [0.5, 0.6) is 0 Å². The smallest absolute Gasteiger partial charge is 0.0760 e. The molecule has 3 heteroatoms. The third-order valence-corrected chi connectivity index (χ3v) is 4.46. The quantitative estimate of drug-likeness (QED) is 0.792. The molecule has 0 aliphatic heterocycles. The van der Waals surface area contributed by atoms with Crippen molar-refractivity contribution in [3.05, 3.63) is 36.0 Å².